The molecule has 11 N–H and O–H groups in total. The van der Waals surface area contributed by atoms with Crippen molar-refractivity contribution in [1.82, 2.24) is 16.0 Å². The van der Waals surface area contributed by atoms with Crippen LogP contribution in [0.25, 0.3) is 0 Å². The first-order chi connectivity index (χ1) is 18.0. The molecule has 0 spiro atoms. The van der Waals surface area contributed by atoms with E-state index in [0.717, 1.165) is 0 Å². The number of rotatable bonds is 17. The Labute approximate surface area is 223 Å². The van der Waals surface area contributed by atoms with Gasteiger partial charge in [0.25, 0.3) is 5.91 Å². The molecule has 0 bridgehead atoms. The van der Waals surface area contributed by atoms with Crippen molar-refractivity contribution in [2.45, 2.75) is 55.3 Å². The van der Waals surface area contributed by atoms with E-state index >= 15 is 0 Å². The van der Waals surface area contributed by atoms with E-state index in [9.17, 15) is 44.7 Å². The fraction of sp³-hybridized carbons (Fsp3) is 0.565. The number of aliphatic hydroxyl groups excluding tert-OH is 5. The molecule has 0 radical (unpaired) electrons. The number of carboxylic acid groups (broad SMARTS) is 1. The molecular weight excluding hydrogens is 524 g/mol. The van der Waals surface area contributed by atoms with Crippen LogP contribution in [0.1, 0.15) is 24.4 Å². The number of aliphatic hydroxyl groups is 5. The fourth-order valence-electron chi connectivity index (χ4n) is 3.32. The second-order valence-electron chi connectivity index (χ2n) is 8.43. The van der Waals surface area contributed by atoms with Crippen LogP contribution in [0.5, 0.6) is 0 Å². The van der Waals surface area contributed by atoms with Crippen molar-refractivity contribution in [3.63, 3.8) is 0 Å². The Morgan fingerprint density at radius 2 is 1.53 bits per heavy atom. The number of amides is 3. The Hall–Kier alpha value is -2.79. The zero-order valence-corrected chi connectivity index (χ0v) is 21.6. The van der Waals surface area contributed by atoms with Crippen LogP contribution in [0, 0.1) is 0 Å². The largest absolute Gasteiger partial charge is 0.481 e. The van der Waals surface area contributed by atoms with Gasteiger partial charge in [-0.3, -0.25) is 19.2 Å². The summed E-state index contributed by atoms with van der Waals surface area (Å²) in [7, 11) is 0. The fourth-order valence-corrected chi connectivity index (χ4v) is 3.81. The van der Waals surface area contributed by atoms with E-state index in [1.165, 1.54) is 11.8 Å². The van der Waals surface area contributed by atoms with E-state index in [4.69, 9.17) is 10.8 Å². The van der Waals surface area contributed by atoms with Gasteiger partial charge >= 0.3 is 5.97 Å². The van der Waals surface area contributed by atoms with Gasteiger partial charge in [-0.05, 0) is 24.0 Å². The standard InChI is InChI=1S/C23H36N4O10S/c1-38-8-7-13(24)21(35)27-16(11-29)22(36)26-15(10-28)18(32)19(33)20(34)23(37)25-14(9-17(30)31)12-5-3-2-4-6-12/h2-6,13-16,18-20,28-29,32-34H,7-11,24H2,1H3,(H,25,37)(H,26,36)(H,27,35)(H,30,31)/t13-,14-,15-,16-,18+,19+,20-/m0/s1. The van der Waals surface area contributed by atoms with Crippen LogP contribution in [0.4, 0.5) is 0 Å². The Bertz CT molecular complexity index is 909. The minimum atomic E-state index is -2.28. The summed E-state index contributed by atoms with van der Waals surface area (Å²) in [5.74, 6) is -3.62. The van der Waals surface area contributed by atoms with Gasteiger partial charge in [0.05, 0.1) is 37.8 Å². The molecule has 0 aromatic heterocycles. The van der Waals surface area contributed by atoms with E-state index in [2.05, 4.69) is 16.0 Å². The molecule has 1 aromatic rings. The highest BCUT2D eigenvalue weighted by Crippen LogP contribution is 2.17. The van der Waals surface area contributed by atoms with Gasteiger partial charge in [-0.2, -0.15) is 11.8 Å². The maximum absolute atomic E-state index is 12.5. The SMILES string of the molecule is CSCC[C@H](N)C(=O)N[C@@H](CO)C(=O)N[C@@H](CO)[C@@H](O)[C@@H](O)[C@H](O)C(=O)N[C@@H](CC(=O)O)c1ccccc1. The highest BCUT2D eigenvalue weighted by atomic mass is 32.2. The minimum absolute atomic E-state index is 0.314. The normalized spacial score (nSPS) is 16.7. The van der Waals surface area contributed by atoms with Crippen molar-refractivity contribution in [2.75, 3.05) is 25.2 Å². The number of nitrogens with one attached hydrogen (secondary N) is 3. The number of benzene rings is 1. The van der Waals surface area contributed by atoms with Gasteiger partial charge in [0.1, 0.15) is 18.2 Å². The van der Waals surface area contributed by atoms with Crippen molar-refractivity contribution in [1.29, 1.82) is 0 Å². The van der Waals surface area contributed by atoms with Gasteiger partial charge < -0.3 is 52.3 Å². The number of hydrogen-bond acceptors (Lipinski definition) is 11. The maximum atomic E-state index is 12.5. The van der Waals surface area contributed by atoms with Crippen LogP contribution in [-0.2, 0) is 19.2 Å². The lowest BCUT2D eigenvalue weighted by atomic mass is 9.99. The van der Waals surface area contributed by atoms with Crippen LogP contribution in [0.3, 0.4) is 0 Å². The van der Waals surface area contributed by atoms with E-state index in [-0.39, 0.29) is 0 Å². The first-order valence-corrected chi connectivity index (χ1v) is 13.0. The lowest BCUT2D eigenvalue weighted by Gasteiger charge is -2.30. The molecule has 0 aliphatic rings. The van der Waals surface area contributed by atoms with Crippen molar-refractivity contribution in [2.24, 2.45) is 5.73 Å². The van der Waals surface area contributed by atoms with E-state index in [1.54, 1.807) is 30.3 Å². The summed E-state index contributed by atoms with van der Waals surface area (Å²) in [6, 6.07) is 2.86. The maximum Gasteiger partial charge on any atom is 0.305 e. The Morgan fingerprint density at radius 1 is 0.895 bits per heavy atom. The number of carbonyl (C=O) groups excluding carboxylic acids is 3. The molecule has 0 heterocycles. The van der Waals surface area contributed by atoms with Gasteiger partial charge in [-0.1, -0.05) is 30.3 Å². The molecule has 38 heavy (non-hydrogen) atoms. The number of hydrogen-bond donors (Lipinski definition) is 10. The molecule has 0 aliphatic carbocycles. The highest BCUT2D eigenvalue weighted by molar-refractivity contribution is 7.98. The molecular formula is C23H36N4O10S. The van der Waals surface area contributed by atoms with Crippen molar-refractivity contribution in [3.8, 4) is 0 Å². The quantitative estimate of drug-likeness (QED) is 0.0888. The van der Waals surface area contributed by atoms with Crippen LogP contribution >= 0.6 is 11.8 Å². The van der Waals surface area contributed by atoms with Gasteiger partial charge in [-0.25, -0.2) is 0 Å². The van der Waals surface area contributed by atoms with Gasteiger partial charge in [0, 0.05) is 0 Å². The second-order valence-corrected chi connectivity index (χ2v) is 9.41. The molecule has 214 valence electrons. The van der Waals surface area contributed by atoms with Gasteiger partial charge in [-0.15, -0.1) is 0 Å². The topological polar surface area (TPSA) is 252 Å². The molecule has 1 aromatic carbocycles. The summed E-state index contributed by atoms with van der Waals surface area (Å²) in [6.07, 6.45) is -4.99. The number of carboxylic acids is 1. The van der Waals surface area contributed by atoms with Crippen LogP contribution in [0.2, 0.25) is 0 Å². The third-order valence-corrected chi connectivity index (χ3v) is 6.21. The lowest BCUT2D eigenvalue weighted by molar-refractivity contribution is -0.145. The third-order valence-electron chi connectivity index (χ3n) is 5.56. The van der Waals surface area contributed by atoms with Gasteiger partial charge in [0.2, 0.25) is 11.8 Å². The number of thioether (sulfide) groups is 1. The smallest absolute Gasteiger partial charge is 0.305 e. The molecule has 0 saturated heterocycles. The summed E-state index contributed by atoms with van der Waals surface area (Å²) < 4.78 is 0. The summed E-state index contributed by atoms with van der Waals surface area (Å²) in [5.41, 5.74) is 6.14. The zero-order chi connectivity index (χ0) is 28.8. The molecule has 15 heteroatoms. The average molecular weight is 561 g/mol. The van der Waals surface area contributed by atoms with Crippen molar-refractivity contribution < 1.29 is 49.8 Å². The predicted octanol–water partition coefficient (Wildman–Crippen LogP) is -3.56. The molecule has 3 amide bonds. The first-order valence-electron chi connectivity index (χ1n) is 11.6. The van der Waals surface area contributed by atoms with Crippen LogP contribution in [-0.4, -0.2) is 116 Å². The van der Waals surface area contributed by atoms with E-state index < -0.39 is 85.8 Å². The Morgan fingerprint density at radius 3 is 2.05 bits per heavy atom. The molecule has 0 saturated carbocycles. The number of aliphatic carboxylic acids is 1. The predicted molar refractivity (Wildman–Crippen MR) is 137 cm³/mol. The summed E-state index contributed by atoms with van der Waals surface area (Å²) >= 11 is 1.46. The molecule has 7 atom stereocenters. The lowest BCUT2D eigenvalue weighted by Crippen LogP contribution is -2.60. The first kappa shape index (κ1) is 33.2. The number of carbonyl (C=O) groups is 4. The monoisotopic (exact) mass is 560 g/mol. The van der Waals surface area contributed by atoms with E-state index in [1.807, 2.05) is 6.26 Å². The van der Waals surface area contributed by atoms with Crippen molar-refractivity contribution in [3.05, 3.63) is 35.9 Å². The summed E-state index contributed by atoms with van der Waals surface area (Å²) in [5, 5.41) is 66.0. The average Bonchev–Trinajstić information content (AvgIpc) is 2.91. The highest BCUT2D eigenvalue weighted by Gasteiger charge is 2.37. The summed E-state index contributed by atoms with van der Waals surface area (Å²) in [4.78, 5) is 48.4. The van der Waals surface area contributed by atoms with Crippen LogP contribution < -0.4 is 21.7 Å². The minimum Gasteiger partial charge on any atom is -0.481 e. The number of nitrogens with two attached hydrogens (primary N) is 1. The molecule has 14 nitrogen and oxygen atoms in total. The Kier molecular flexibility index (Phi) is 14.8. The van der Waals surface area contributed by atoms with Gasteiger partial charge in [0.15, 0.2) is 6.10 Å². The van der Waals surface area contributed by atoms with Crippen LogP contribution in [0.15, 0.2) is 30.3 Å². The third kappa shape index (κ3) is 10.5. The summed E-state index contributed by atoms with van der Waals surface area (Å²) in [6.45, 7) is -1.80. The molecule has 0 fully saturated rings. The molecule has 0 aliphatic heterocycles. The second kappa shape index (κ2) is 16.9. The van der Waals surface area contributed by atoms with E-state index in [0.29, 0.717) is 17.7 Å². The Balaban J connectivity index is 2.84. The molecule has 0 unspecified atom stereocenters. The zero-order valence-electron chi connectivity index (χ0n) is 20.8. The van der Waals surface area contributed by atoms with Crippen molar-refractivity contribution >= 4 is 35.5 Å². The molecule has 1 rings (SSSR count).